The van der Waals surface area contributed by atoms with E-state index in [-0.39, 0.29) is 22.9 Å². The number of hydrogen-bond donors (Lipinski definition) is 2. The Kier molecular flexibility index (Phi) is 6.50. The van der Waals surface area contributed by atoms with Gasteiger partial charge >= 0.3 is 6.61 Å². The van der Waals surface area contributed by atoms with Gasteiger partial charge in [0.05, 0.1) is 0 Å². The number of aromatic nitrogens is 1. The van der Waals surface area contributed by atoms with Crippen LogP contribution < -0.4 is 10.1 Å². The number of fused-ring (bicyclic) bond motifs is 1. The number of rotatable bonds is 7. The van der Waals surface area contributed by atoms with Gasteiger partial charge in [0.2, 0.25) is 10.0 Å². The van der Waals surface area contributed by atoms with Gasteiger partial charge in [-0.15, -0.1) is 0 Å². The number of para-hydroxylation sites is 1. The molecule has 0 atom stereocenters. The van der Waals surface area contributed by atoms with E-state index in [2.05, 4.69) is 31.0 Å². The van der Waals surface area contributed by atoms with Crippen LogP contribution in [0.25, 0.3) is 10.9 Å². The number of H-pyrrole nitrogens is 1. The first-order valence-corrected chi connectivity index (χ1v) is 12.1. The fourth-order valence-electron chi connectivity index (χ4n) is 3.75. The molecule has 2 N–H and O–H groups in total. The summed E-state index contributed by atoms with van der Waals surface area (Å²) >= 11 is 3.35. The molecule has 0 spiro atoms. The minimum absolute atomic E-state index is 0.0618. The van der Waals surface area contributed by atoms with Crippen molar-refractivity contribution >= 4 is 42.8 Å². The number of carbonyl (C=O) groups excluding carboxylic acids is 1. The van der Waals surface area contributed by atoms with E-state index in [1.165, 1.54) is 10.4 Å². The van der Waals surface area contributed by atoms with Crippen LogP contribution in [0.2, 0.25) is 0 Å². The van der Waals surface area contributed by atoms with Crippen molar-refractivity contribution in [2.45, 2.75) is 30.9 Å². The second-order valence-electron chi connectivity index (χ2n) is 7.30. The molecule has 0 aliphatic carbocycles. The summed E-state index contributed by atoms with van der Waals surface area (Å²) in [6.07, 6.45) is 1.52. The molecule has 3 aromatic rings. The van der Waals surface area contributed by atoms with Crippen LogP contribution in [0.4, 0.5) is 8.78 Å². The maximum absolute atomic E-state index is 13.4. The monoisotopic (exact) mass is 527 g/mol. The number of carbonyl (C=O) groups is 1. The highest BCUT2D eigenvalue weighted by Crippen LogP contribution is 2.33. The highest BCUT2D eigenvalue weighted by atomic mass is 79.9. The summed E-state index contributed by atoms with van der Waals surface area (Å²) in [5.41, 5.74) is 0.735. The van der Waals surface area contributed by atoms with Crippen molar-refractivity contribution in [3.63, 3.8) is 0 Å². The average Bonchev–Trinajstić information content (AvgIpc) is 3.41. The van der Waals surface area contributed by atoms with E-state index in [0.29, 0.717) is 34.0 Å². The van der Waals surface area contributed by atoms with Gasteiger partial charge in [-0.1, -0.05) is 34.1 Å². The van der Waals surface area contributed by atoms with Crippen LogP contribution in [0.1, 0.15) is 28.9 Å². The molecule has 7 nitrogen and oxygen atoms in total. The topological polar surface area (TPSA) is 91.5 Å². The Hall–Kier alpha value is -2.50. The molecule has 1 aliphatic heterocycles. The van der Waals surface area contributed by atoms with Crippen LogP contribution in [-0.4, -0.2) is 43.3 Å². The summed E-state index contributed by atoms with van der Waals surface area (Å²) < 4.78 is 58.7. The van der Waals surface area contributed by atoms with Gasteiger partial charge in [0.25, 0.3) is 5.91 Å². The number of aromatic amines is 1. The van der Waals surface area contributed by atoms with Crippen molar-refractivity contribution in [1.82, 2.24) is 14.6 Å². The number of nitrogens with one attached hydrogen (secondary N) is 2. The lowest BCUT2D eigenvalue weighted by molar-refractivity contribution is -0.0504. The Bertz CT molecular complexity index is 1260. The number of sulfonamides is 1. The summed E-state index contributed by atoms with van der Waals surface area (Å²) in [5, 5.41) is 3.02. The number of amides is 1. The zero-order chi connectivity index (χ0) is 22.9. The second kappa shape index (κ2) is 9.16. The molecule has 1 amide bonds. The van der Waals surface area contributed by atoms with Crippen molar-refractivity contribution < 1.29 is 26.7 Å². The molecule has 1 aliphatic rings. The summed E-state index contributed by atoms with van der Waals surface area (Å²) in [6, 6.07) is 11.2. The molecule has 0 saturated carbocycles. The van der Waals surface area contributed by atoms with E-state index in [0.717, 1.165) is 12.8 Å². The molecule has 4 rings (SSSR count). The molecule has 1 fully saturated rings. The minimum atomic E-state index is -3.92. The van der Waals surface area contributed by atoms with Crippen molar-refractivity contribution in [3.05, 3.63) is 58.2 Å². The van der Waals surface area contributed by atoms with E-state index in [1.54, 1.807) is 36.4 Å². The van der Waals surface area contributed by atoms with Crippen LogP contribution in [0, 0.1) is 0 Å². The van der Waals surface area contributed by atoms with E-state index >= 15 is 0 Å². The van der Waals surface area contributed by atoms with E-state index in [1.807, 2.05) is 0 Å². The third-order valence-corrected chi connectivity index (χ3v) is 7.71. The molecule has 0 bridgehead atoms. The zero-order valence-corrected chi connectivity index (χ0v) is 19.2. The van der Waals surface area contributed by atoms with Gasteiger partial charge < -0.3 is 15.0 Å². The van der Waals surface area contributed by atoms with E-state index < -0.39 is 22.5 Å². The summed E-state index contributed by atoms with van der Waals surface area (Å²) in [7, 11) is -3.92. The Morgan fingerprint density at radius 1 is 1.19 bits per heavy atom. The number of halogens is 3. The number of nitrogens with zero attached hydrogens (tertiary/aromatic N) is 1. The number of alkyl halides is 2. The zero-order valence-electron chi connectivity index (χ0n) is 16.8. The van der Waals surface area contributed by atoms with Gasteiger partial charge in [-0.25, -0.2) is 8.42 Å². The van der Waals surface area contributed by atoms with Crippen molar-refractivity contribution in [3.8, 4) is 5.75 Å². The van der Waals surface area contributed by atoms with Gasteiger partial charge in [0, 0.05) is 40.6 Å². The molecule has 170 valence electrons. The van der Waals surface area contributed by atoms with Crippen LogP contribution in [0.15, 0.2) is 51.8 Å². The maximum atomic E-state index is 13.4. The highest BCUT2D eigenvalue weighted by Gasteiger charge is 2.34. The molecule has 11 heteroatoms. The van der Waals surface area contributed by atoms with Crippen molar-refractivity contribution in [2.24, 2.45) is 0 Å². The lowest BCUT2D eigenvalue weighted by atomic mass is 10.2. The first kappa shape index (κ1) is 22.7. The third kappa shape index (κ3) is 4.50. The third-order valence-electron chi connectivity index (χ3n) is 5.23. The molecule has 2 heterocycles. The smallest absolute Gasteiger partial charge is 0.387 e. The van der Waals surface area contributed by atoms with Crippen molar-refractivity contribution in [1.29, 1.82) is 0 Å². The average molecular weight is 528 g/mol. The van der Waals surface area contributed by atoms with E-state index in [4.69, 9.17) is 0 Å². The molecule has 32 heavy (non-hydrogen) atoms. The number of benzene rings is 2. The summed E-state index contributed by atoms with van der Waals surface area (Å²) in [5.74, 6) is -0.727. The summed E-state index contributed by atoms with van der Waals surface area (Å²) in [4.78, 5) is 15.9. The van der Waals surface area contributed by atoms with Crippen LogP contribution in [0.3, 0.4) is 0 Å². The van der Waals surface area contributed by atoms with Gasteiger partial charge in [-0.05, 0) is 37.1 Å². The van der Waals surface area contributed by atoms with Gasteiger partial charge in [-0.2, -0.15) is 13.1 Å². The lowest BCUT2D eigenvalue weighted by Crippen LogP contribution is -2.31. The summed E-state index contributed by atoms with van der Waals surface area (Å²) in [6.45, 7) is -2.34. The quantitative estimate of drug-likeness (QED) is 0.480. The predicted molar refractivity (Wildman–Crippen MR) is 118 cm³/mol. The van der Waals surface area contributed by atoms with Crippen LogP contribution in [0.5, 0.6) is 5.75 Å². The predicted octanol–water partition coefficient (Wildman–Crippen LogP) is 4.25. The Morgan fingerprint density at radius 3 is 2.62 bits per heavy atom. The fourth-order valence-corrected chi connectivity index (χ4v) is 5.96. The number of hydrogen-bond acceptors (Lipinski definition) is 4. The Labute approximate surface area is 191 Å². The molecule has 1 saturated heterocycles. The first-order valence-electron chi connectivity index (χ1n) is 9.89. The van der Waals surface area contributed by atoms with Crippen LogP contribution >= 0.6 is 15.9 Å². The van der Waals surface area contributed by atoms with Gasteiger partial charge in [-0.3, -0.25) is 4.79 Å². The highest BCUT2D eigenvalue weighted by molar-refractivity contribution is 9.10. The largest absolute Gasteiger partial charge is 0.434 e. The Morgan fingerprint density at radius 2 is 1.91 bits per heavy atom. The molecule has 0 unspecified atom stereocenters. The Balaban J connectivity index is 1.69. The van der Waals surface area contributed by atoms with E-state index in [9.17, 15) is 22.0 Å². The van der Waals surface area contributed by atoms with Gasteiger partial charge in [0.1, 0.15) is 16.3 Å². The fraction of sp³-hybridized carbons (Fsp3) is 0.286. The minimum Gasteiger partial charge on any atom is -0.434 e. The number of ether oxygens (including phenoxy) is 1. The molecule has 2 aromatic carbocycles. The SMILES string of the molecule is O=C(NCc1ccccc1OC(F)F)c1[nH]c2ccc(Br)cc2c1S(=O)(=O)N1CCCC1. The molecule has 1 aromatic heterocycles. The van der Waals surface area contributed by atoms with Crippen LogP contribution in [-0.2, 0) is 16.6 Å². The normalized spacial score (nSPS) is 14.9. The molecular formula is C21H20BrF2N3O4S. The standard InChI is InChI=1S/C21H20BrF2N3O4S/c22-14-7-8-16-15(11-14)19(32(29,30)27-9-3-4-10-27)18(26-16)20(28)25-12-13-5-1-2-6-17(13)31-21(23)24/h1-2,5-8,11,21,26H,3-4,9-10,12H2,(H,25,28). The lowest BCUT2D eigenvalue weighted by Gasteiger charge is -2.16. The van der Waals surface area contributed by atoms with Gasteiger partial charge in [0.15, 0.2) is 0 Å². The molecular weight excluding hydrogens is 508 g/mol. The van der Waals surface area contributed by atoms with Crippen molar-refractivity contribution in [2.75, 3.05) is 13.1 Å². The second-order valence-corrected chi connectivity index (χ2v) is 10.1. The first-order chi connectivity index (χ1) is 15.3. The maximum Gasteiger partial charge on any atom is 0.387 e. The molecule has 0 radical (unpaired) electrons.